The normalized spacial score (nSPS) is 21.3. The number of benzene rings is 2. The molecule has 1 aliphatic carbocycles. The summed E-state index contributed by atoms with van der Waals surface area (Å²) in [5.74, 6) is -0.225. The first-order valence-corrected chi connectivity index (χ1v) is 12.4. The third-order valence-electron chi connectivity index (χ3n) is 7.56. The van der Waals surface area contributed by atoms with Crippen LogP contribution < -0.4 is 10.6 Å². The number of halogens is 2. The Bertz CT molecular complexity index is 1220. The van der Waals surface area contributed by atoms with Gasteiger partial charge in [-0.25, -0.2) is 9.37 Å². The predicted octanol–water partition coefficient (Wildman–Crippen LogP) is 4.75. The van der Waals surface area contributed by atoms with E-state index < -0.39 is 5.54 Å². The van der Waals surface area contributed by atoms with Crippen LogP contribution in [0.3, 0.4) is 0 Å². The van der Waals surface area contributed by atoms with E-state index in [1.807, 2.05) is 22.5 Å². The van der Waals surface area contributed by atoms with E-state index in [1.54, 1.807) is 18.5 Å². The Morgan fingerprint density at radius 1 is 1.21 bits per heavy atom. The molecule has 6 nitrogen and oxygen atoms in total. The summed E-state index contributed by atoms with van der Waals surface area (Å²) in [7, 11) is 0. The molecule has 34 heavy (non-hydrogen) atoms. The topological polar surface area (TPSA) is 67.4 Å². The molecular formula is C26H31ClFN5O. The summed E-state index contributed by atoms with van der Waals surface area (Å²) >= 11 is 5.94. The second kappa shape index (κ2) is 8.86. The van der Waals surface area contributed by atoms with Crippen LogP contribution in [0, 0.1) is 5.82 Å². The molecule has 5 rings (SSSR count). The minimum atomic E-state index is -0.686. The molecule has 2 heterocycles. The average Bonchev–Trinajstić information content (AvgIpc) is 3.45. The molecule has 1 aromatic heterocycles. The lowest BCUT2D eigenvalue weighted by molar-refractivity contribution is -0.139. The molecule has 2 aliphatic rings. The highest BCUT2D eigenvalue weighted by Crippen LogP contribution is 2.32. The van der Waals surface area contributed by atoms with Crippen molar-refractivity contribution in [1.82, 2.24) is 14.5 Å². The highest BCUT2D eigenvalue weighted by atomic mass is 35.5. The largest absolute Gasteiger partial charge is 0.368 e. The molecule has 180 valence electrons. The van der Waals surface area contributed by atoms with Gasteiger partial charge in [0.05, 0.1) is 28.9 Å². The van der Waals surface area contributed by atoms with E-state index in [2.05, 4.69) is 28.9 Å². The third-order valence-corrected chi connectivity index (χ3v) is 7.80. The van der Waals surface area contributed by atoms with Crippen LogP contribution in [-0.2, 0) is 4.79 Å². The summed E-state index contributed by atoms with van der Waals surface area (Å²) in [5, 5.41) is 0.381. The van der Waals surface area contributed by atoms with Crippen molar-refractivity contribution in [3.05, 3.63) is 59.1 Å². The predicted molar refractivity (Wildman–Crippen MR) is 134 cm³/mol. The molecule has 2 atom stereocenters. The lowest BCUT2D eigenvalue weighted by Gasteiger charge is -2.43. The minimum absolute atomic E-state index is 0.0740. The van der Waals surface area contributed by atoms with Gasteiger partial charge in [-0.05, 0) is 57.0 Å². The van der Waals surface area contributed by atoms with Crippen LogP contribution in [0.25, 0.3) is 11.0 Å². The van der Waals surface area contributed by atoms with Crippen LogP contribution in [0.15, 0.2) is 42.7 Å². The first-order chi connectivity index (χ1) is 16.3. The number of hydrogen-bond donors (Lipinski definition) is 1. The quantitative estimate of drug-likeness (QED) is 0.581. The number of fused-ring (bicyclic) bond motifs is 1. The maximum absolute atomic E-state index is 14.6. The highest BCUT2D eigenvalue weighted by Gasteiger charge is 2.42. The summed E-state index contributed by atoms with van der Waals surface area (Å²) in [4.78, 5) is 22.0. The van der Waals surface area contributed by atoms with Gasteiger partial charge in [0.15, 0.2) is 0 Å². The fourth-order valence-electron chi connectivity index (χ4n) is 5.51. The van der Waals surface area contributed by atoms with Gasteiger partial charge in [-0.2, -0.15) is 0 Å². The Kier molecular flexibility index (Phi) is 6.02. The van der Waals surface area contributed by atoms with Crippen molar-refractivity contribution < 1.29 is 9.18 Å². The van der Waals surface area contributed by atoms with Crippen LogP contribution in [0.1, 0.15) is 51.1 Å². The summed E-state index contributed by atoms with van der Waals surface area (Å²) in [6.07, 6.45) is 5.39. The van der Waals surface area contributed by atoms with Gasteiger partial charge in [0.2, 0.25) is 5.91 Å². The van der Waals surface area contributed by atoms with Gasteiger partial charge < -0.3 is 20.1 Å². The van der Waals surface area contributed by atoms with Crippen molar-refractivity contribution in [1.29, 1.82) is 0 Å². The Balaban J connectivity index is 1.37. The smallest absolute Gasteiger partial charge is 0.243 e. The van der Waals surface area contributed by atoms with Gasteiger partial charge in [-0.15, -0.1) is 0 Å². The number of anilines is 1. The van der Waals surface area contributed by atoms with Gasteiger partial charge in [-0.1, -0.05) is 30.5 Å². The van der Waals surface area contributed by atoms with Crippen molar-refractivity contribution in [2.75, 3.05) is 24.5 Å². The first kappa shape index (κ1) is 23.1. The average molecular weight is 484 g/mol. The number of imidazole rings is 1. The van der Waals surface area contributed by atoms with Gasteiger partial charge in [0.25, 0.3) is 0 Å². The number of carbonyl (C=O) groups excluding carboxylic acids is 1. The molecule has 1 unspecified atom stereocenters. The minimum Gasteiger partial charge on any atom is -0.368 e. The van der Waals surface area contributed by atoms with E-state index in [0.717, 1.165) is 55.5 Å². The van der Waals surface area contributed by atoms with Crippen molar-refractivity contribution in [3.63, 3.8) is 0 Å². The van der Waals surface area contributed by atoms with Crippen LogP contribution in [0.2, 0.25) is 5.02 Å². The highest BCUT2D eigenvalue weighted by molar-refractivity contribution is 6.30. The SMILES string of the molecule is CC(c1ccc(Cl)cc1F)n1cnc2ccc(N3CCN(C(=O)C4(N)CCCC4)[C@H](C)C3)cc21. The molecule has 1 saturated heterocycles. The molecule has 0 spiro atoms. The molecule has 2 aromatic carbocycles. The maximum Gasteiger partial charge on any atom is 0.243 e. The standard InChI is InChI=1S/C26H31ClFN5O/c1-17-15-31(11-12-32(17)25(34)26(29)9-3-4-10-26)20-6-8-23-24(14-20)33(16-30-23)18(2)21-7-5-19(27)13-22(21)28/h5-8,13-14,16-18H,3-4,9-12,15,29H2,1-2H3/t17-,18?/m1/s1. The van der Waals surface area contributed by atoms with Crippen molar-refractivity contribution in [3.8, 4) is 0 Å². The Morgan fingerprint density at radius 2 is 1.97 bits per heavy atom. The molecule has 2 N–H and O–H groups in total. The summed E-state index contributed by atoms with van der Waals surface area (Å²) in [5.41, 5.74) is 9.21. The van der Waals surface area contributed by atoms with Crippen molar-refractivity contribution in [2.24, 2.45) is 5.73 Å². The first-order valence-electron chi connectivity index (χ1n) is 12.0. The van der Waals surface area contributed by atoms with Gasteiger partial charge in [0, 0.05) is 41.9 Å². The lowest BCUT2D eigenvalue weighted by Crippen LogP contribution is -2.61. The molecule has 1 saturated carbocycles. The number of nitrogens with two attached hydrogens (primary N) is 1. The number of piperazine rings is 1. The molecule has 8 heteroatoms. The summed E-state index contributed by atoms with van der Waals surface area (Å²) in [6, 6.07) is 10.8. The van der Waals surface area contributed by atoms with E-state index in [4.69, 9.17) is 17.3 Å². The van der Waals surface area contributed by atoms with E-state index >= 15 is 0 Å². The molecule has 0 radical (unpaired) electrons. The van der Waals surface area contributed by atoms with Gasteiger partial charge in [-0.3, -0.25) is 4.79 Å². The summed E-state index contributed by atoms with van der Waals surface area (Å²) in [6.45, 7) is 6.19. The van der Waals surface area contributed by atoms with E-state index in [0.29, 0.717) is 17.1 Å². The molecule has 0 bridgehead atoms. The fourth-order valence-corrected chi connectivity index (χ4v) is 5.67. The second-order valence-electron chi connectivity index (χ2n) is 9.82. The number of hydrogen-bond acceptors (Lipinski definition) is 4. The van der Waals surface area contributed by atoms with Crippen molar-refractivity contribution >= 4 is 34.2 Å². The van der Waals surface area contributed by atoms with E-state index in [-0.39, 0.29) is 23.8 Å². The number of aromatic nitrogens is 2. The maximum atomic E-state index is 14.6. The van der Waals surface area contributed by atoms with E-state index in [9.17, 15) is 9.18 Å². The Morgan fingerprint density at radius 3 is 2.68 bits per heavy atom. The lowest BCUT2D eigenvalue weighted by atomic mass is 9.95. The molecule has 2 fully saturated rings. The van der Waals surface area contributed by atoms with Crippen LogP contribution >= 0.6 is 11.6 Å². The van der Waals surface area contributed by atoms with Crippen molar-refractivity contribution in [2.45, 2.75) is 57.2 Å². The Labute approximate surface area is 204 Å². The number of carbonyl (C=O) groups is 1. The number of nitrogens with zero attached hydrogens (tertiary/aromatic N) is 4. The zero-order valence-electron chi connectivity index (χ0n) is 19.7. The fraction of sp³-hybridized carbons (Fsp3) is 0.462. The van der Waals surface area contributed by atoms with Gasteiger partial charge >= 0.3 is 0 Å². The molecular weight excluding hydrogens is 453 g/mol. The number of amides is 1. The summed E-state index contributed by atoms with van der Waals surface area (Å²) < 4.78 is 16.6. The number of rotatable bonds is 4. The Hall–Kier alpha value is -2.64. The molecule has 3 aromatic rings. The molecule has 1 amide bonds. The monoisotopic (exact) mass is 483 g/mol. The van der Waals surface area contributed by atoms with Gasteiger partial charge in [0.1, 0.15) is 5.82 Å². The van der Waals surface area contributed by atoms with Crippen LogP contribution in [0.4, 0.5) is 10.1 Å². The van der Waals surface area contributed by atoms with Crippen LogP contribution in [0.5, 0.6) is 0 Å². The second-order valence-corrected chi connectivity index (χ2v) is 10.3. The molecule has 1 aliphatic heterocycles. The zero-order valence-corrected chi connectivity index (χ0v) is 20.4. The zero-order chi connectivity index (χ0) is 24.0. The van der Waals surface area contributed by atoms with E-state index in [1.165, 1.54) is 6.07 Å². The van der Waals surface area contributed by atoms with Crippen LogP contribution in [-0.4, -0.2) is 51.6 Å². The third kappa shape index (κ3) is 4.05.